The first-order valence-corrected chi connectivity index (χ1v) is 9.57. The number of hydrogen-bond donors (Lipinski definition) is 0. The van der Waals surface area contributed by atoms with Crippen molar-refractivity contribution in [2.45, 2.75) is 19.6 Å². The van der Waals surface area contributed by atoms with E-state index >= 15 is 0 Å². The molecule has 3 heteroatoms. The van der Waals surface area contributed by atoms with E-state index in [1.54, 1.807) is 0 Å². The van der Waals surface area contributed by atoms with Crippen LogP contribution in [-0.4, -0.2) is 17.9 Å². The highest BCUT2D eigenvalue weighted by Gasteiger charge is 2.07. The molecule has 1 aromatic carbocycles. The molecule has 0 atom stereocenters. The van der Waals surface area contributed by atoms with E-state index in [2.05, 4.69) is 60.5 Å². The lowest BCUT2D eigenvalue weighted by Gasteiger charge is -2.04. The normalized spacial score (nSPS) is 10.9. The number of hydrogen-bond acceptors (Lipinski definition) is 1. The van der Waals surface area contributed by atoms with Gasteiger partial charge in [-0.05, 0) is 23.8 Å². The van der Waals surface area contributed by atoms with Gasteiger partial charge in [0, 0.05) is 18.8 Å². The van der Waals surface area contributed by atoms with Gasteiger partial charge in [0.2, 0.25) is 0 Å². The van der Waals surface area contributed by atoms with Crippen LogP contribution in [0, 0.1) is 11.5 Å². The maximum atomic E-state index is 4.18. The summed E-state index contributed by atoms with van der Waals surface area (Å²) in [6.45, 7) is 6.76. The van der Waals surface area contributed by atoms with Gasteiger partial charge in [0.15, 0.2) is 0 Å². The van der Waals surface area contributed by atoms with Crippen LogP contribution in [0.15, 0.2) is 36.5 Å². The topological polar surface area (TPSA) is 17.8 Å². The average Bonchev–Trinajstić information content (AvgIpc) is 2.73. The molecule has 0 fully saturated rings. The van der Waals surface area contributed by atoms with E-state index in [0.29, 0.717) is 0 Å². The number of aryl methyl sites for hydroxylation is 1. The fourth-order valence-electron chi connectivity index (χ4n) is 1.64. The summed E-state index contributed by atoms with van der Waals surface area (Å²) in [5.74, 6) is 3.26. The van der Waals surface area contributed by atoms with E-state index in [4.69, 9.17) is 0 Å². The Balaban J connectivity index is 2.26. The van der Waals surface area contributed by atoms with Crippen molar-refractivity contribution >= 4 is 8.07 Å². The zero-order chi connectivity index (χ0) is 13.2. The molecule has 0 amide bonds. The zero-order valence-corrected chi connectivity index (χ0v) is 12.4. The quantitative estimate of drug-likeness (QED) is 0.564. The van der Waals surface area contributed by atoms with Crippen molar-refractivity contribution in [3.8, 4) is 22.7 Å². The molecule has 1 heterocycles. The van der Waals surface area contributed by atoms with Crippen molar-refractivity contribution in [3.05, 3.63) is 42.1 Å². The third kappa shape index (κ3) is 3.11. The summed E-state index contributed by atoms with van der Waals surface area (Å²) >= 11 is 0. The fraction of sp³-hybridized carbons (Fsp3) is 0.267. The van der Waals surface area contributed by atoms with Crippen molar-refractivity contribution in [2.75, 3.05) is 0 Å². The summed E-state index contributed by atoms with van der Waals surface area (Å²) in [5, 5.41) is 4.18. The van der Waals surface area contributed by atoms with Crippen LogP contribution >= 0.6 is 0 Å². The van der Waals surface area contributed by atoms with E-state index in [0.717, 1.165) is 11.3 Å². The Labute approximate surface area is 110 Å². The fourth-order valence-corrected chi connectivity index (χ4v) is 2.16. The van der Waals surface area contributed by atoms with E-state index in [1.807, 2.05) is 24.0 Å². The summed E-state index contributed by atoms with van der Waals surface area (Å²) in [6.07, 6.45) is 1.81. The second-order valence-corrected chi connectivity index (χ2v) is 10.2. The first-order valence-electron chi connectivity index (χ1n) is 6.07. The monoisotopic (exact) mass is 254 g/mol. The maximum absolute atomic E-state index is 4.18. The molecule has 0 bridgehead atoms. The summed E-state index contributed by atoms with van der Waals surface area (Å²) in [7, 11) is 0.662. The van der Waals surface area contributed by atoms with Gasteiger partial charge < -0.3 is 0 Å². The van der Waals surface area contributed by atoms with Crippen LogP contribution in [0.1, 0.15) is 5.56 Å². The smallest absolute Gasteiger partial charge is 0.129 e. The molecule has 0 spiro atoms. The van der Waals surface area contributed by atoms with Gasteiger partial charge in [0.25, 0.3) is 0 Å². The molecule has 2 nitrogen and oxygen atoms in total. The minimum absolute atomic E-state index is 1.09. The van der Waals surface area contributed by atoms with Gasteiger partial charge in [-0.2, -0.15) is 5.10 Å². The first-order chi connectivity index (χ1) is 8.46. The highest BCUT2D eigenvalue weighted by atomic mass is 28.3. The molecule has 0 aliphatic carbocycles. The lowest BCUT2D eigenvalue weighted by molar-refractivity contribution is 0.776. The van der Waals surface area contributed by atoms with Crippen molar-refractivity contribution < 1.29 is 0 Å². The van der Waals surface area contributed by atoms with E-state index in [-0.39, 0.29) is 0 Å². The molecular formula is C15H18N2Si. The third-order valence-electron chi connectivity index (χ3n) is 2.58. The average molecular weight is 254 g/mol. The Morgan fingerprint density at radius 1 is 1.06 bits per heavy atom. The Morgan fingerprint density at radius 2 is 1.72 bits per heavy atom. The minimum atomic E-state index is -1.29. The highest BCUT2D eigenvalue weighted by molar-refractivity contribution is 6.83. The first kappa shape index (κ1) is 12.7. The van der Waals surface area contributed by atoms with Crippen LogP contribution in [0.5, 0.6) is 0 Å². The van der Waals surface area contributed by atoms with Crippen LogP contribution in [0.3, 0.4) is 0 Å². The van der Waals surface area contributed by atoms with Crippen LogP contribution in [0.2, 0.25) is 19.6 Å². The van der Waals surface area contributed by atoms with E-state index < -0.39 is 8.07 Å². The minimum Gasteiger partial charge on any atom is -0.268 e. The lowest BCUT2D eigenvalue weighted by Crippen LogP contribution is -2.16. The molecule has 0 unspecified atom stereocenters. The van der Waals surface area contributed by atoms with Gasteiger partial charge in [0.05, 0.1) is 5.69 Å². The molecule has 0 radical (unpaired) electrons. The molecule has 92 valence electrons. The Morgan fingerprint density at radius 3 is 2.22 bits per heavy atom. The molecule has 2 aromatic rings. The van der Waals surface area contributed by atoms with Gasteiger partial charge in [-0.25, -0.2) is 0 Å². The maximum Gasteiger partial charge on any atom is 0.129 e. The molecule has 0 saturated heterocycles. The highest BCUT2D eigenvalue weighted by Crippen LogP contribution is 2.18. The standard InChI is InChI=1S/C15H18N2Si/c1-17-15(9-11-16-17)14-7-5-13(6-8-14)10-12-18(2,3)4/h5-9,11H,1-4H3. The second-order valence-electron chi connectivity index (χ2n) is 5.42. The molecular weight excluding hydrogens is 236 g/mol. The Bertz CT molecular complexity index is 592. The molecule has 0 aliphatic rings. The number of benzene rings is 1. The zero-order valence-electron chi connectivity index (χ0n) is 11.4. The van der Waals surface area contributed by atoms with E-state index in [9.17, 15) is 0 Å². The van der Waals surface area contributed by atoms with Crippen LogP contribution < -0.4 is 0 Å². The third-order valence-corrected chi connectivity index (χ3v) is 3.46. The molecule has 2 rings (SSSR count). The van der Waals surface area contributed by atoms with Gasteiger partial charge in [0.1, 0.15) is 8.07 Å². The predicted octanol–water partition coefficient (Wildman–Crippen LogP) is 3.32. The Kier molecular flexibility index (Phi) is 3.40. The summed E-state index contributed by atoms with van der Waals surface area (Å²) < 4.78 is 1.88. The van der Waals surface area contributed by atoms with Crippen molar-refractivity contribution in [1.29, 1.82) is 0 Å². The lowest BCUT2D eigenvalue weighted by atomic mass is 10.1. The number of nitrogens with zero attached hydrogens (tertiary/aromatic N) is 2. The molecule has 0 N–H and O–H groups in total. The van der Waals surface area contributed by atoms with Gasteiger partial charge >= 0.3 is 0 Å². The van der Waals surface area contributed by atoms with E-state index in [1.165, 1.54) is 5.56 Å². The van der Waals surface area contributed by atoms with Gasteiger partial charge in [-0.15, -0.1) is 5.54 Å². The van der Waals surface area contributed by atoms with Gasteiger partial charge in [-0.3, -0.25) is 4.68 Å². The van der Waals surface area contributed by atoms with Crippen molar-refractivity contribution in [3.63, 3.8) is 0 Å². The Hall–Kier alpha value is -1.79. The second kappa shape index (κ2) is 4.83. The van der Waals surface area contributed by atoms with Crippen molar-refractivity contribution in [2.24, 2.45) is 7.05 Å². The SMILES string of the molecule is Cn1nccc1-c1ccc(C#C[Si](C)(C)C)cc1. The molecule has 18 heavy (non-hydrogen) atoms. The van der Waals surface area contributed by atoms with Gasteiger partial charge in [-0.1, -0.05) is 37.7 Å². The molecule has 0 saturated carbocycles. The van der Waals surface area contributed by atoms with Crippen molar-refractivity contribution in [1.82, 2.24) is 9.78 Å². The number of aromatic nitrogens is 2. The van der Waals surface area contributed by atoms with Crippen LogP contribution in [-0.2, 0) is 7.05 Å². The van der Waals surface area contributed by atoms with Crippen LogP contribution in [0.4, 0.5) is 0 Å². The summed E-state index contributed by atoms with van der Waals surface area (Å²) in [5.41, 5.74) is 6.76. The summed E-state index contributed by atoms with van der Waals surface area (Å²) in [6, 6.07) is 10.4. The molecule has 0 aliphatic heterocycles. The largest absolute Gasteiger partial charge is 0.268 e. The number of rotatable bonds is 1. The van der Waals surface area contributed by atoms with Crippen LogP contribution in [0.25, 0.3) is 11.3 Å². The predicted molar refractivity (Wildman–Crippen MR) is 78.9 cm³/mol. The summed E-state index contributed by atoms with van der Waals surface area (Å²) in [4.78, 5) is 0. The molecule has 1 aromatic heterocycles.